The molecule has 0 unspecified atom stereocenters. The molecule has 0 fully saturated rings. The molecule has 120 valence electrons. The smallest absolute Gasteiger partial charge is 0.196 e. The molecule has 3 heterocycles. The first-order valence-electron chi connectivity index (χ1n) is 7.61. The maximum Gasteiger partial charge on any atom is 0.196 e. The zero-order chi connectivity index (χ0) is 16.5. The summed E-state index contributed by atoms with van der Waals surface area (Å²) in [7, 11) is 1.68. The van der Waals surface area contributed by atoms with E-state index in [1.54, 1.807) is 25.1 Å². The van der Waals surface area contributed by atoms with Crippen LogP contribution in [0.1, 0.15) is 11.3 Å². The lowest BCUT2D eigenvalue weighted by atomic mass is 10.1. The number of aromatic nitrogens is 4. The van der Waals surface area contributed by atoms with Crippen LogP contribution in [0.15, 0.2) is 53.8 Å². The Labute approximate surface area is 143 Å². The van der Waals surface area contributed by atoms with Crippen molar-refractivity contribution in [2.45, 2.75) is 17.8 Å². The minimum Gasteiger partial charge on any atom is -0.497 e. The molecule has 0 aliphatic carbocycles. The van der Waals surface area contributed by atoms with Crippen LogP contribution in [0.3, 0.4) is 0 Å². The third-order valence-electron chi connectivity index (χ3n) is 3.95. The van der Waals surface area contributed by atoms with Crippen LogP contribution >= 0.6 is 11.8 Å². The number of pyridine rings is 2. The van der Waals surface area contributed by atoms with E-state index in [1.807, 2.05) is 30.3 Å². The number of nitrogens with zero attached hydrogens (tertiary/aromatic N) is 4. The van der Waals surface area contributed by atoms with Gasteiger partial charge in [-0.15, -0.1) is 10.2 Å². The summed E-state index contributed by atoms with van der Waals surface area (Å²) in [5.74, 6) is 1.57. The standard InChI is InChI=1S/C18H16N4OS/c1-12-9-17-20-21-18(24-11-13-5-3-4-8-19-13)22(17)16-10-14(23-2)6-7-15(12)16/h3-10H,11H2,1-2H3. The van der Waals surface area contributed by atoms with E-state index in [4.69, 9.17) is 4.74 Å². The average molecular weight is 336 g/mol. The normalized spacial score (nSPS) is 11.2. The van der Waals surface area contributed by atoms with Crippen LogP contribution in [-0.2, 0) is 5.75 Å². The van der Waals surface area contributed by atoms with Gasteiger partial charge in [0.15, 0.2) is 10.8 Å². The maximum atomic E-state index is 5.39. The van der Waals surface area contributed by atoms with Gasteiger partial charge in [0, 0.05) is 23.4 Å². The van der Waals surface area contributed by atoms with E-state index in [1.165, 1.54) is 10.9 Å². The van der Waals surface area contributed by atoms with Crippen molar-refractivity contribution in [3.63, 3.8) is 0 Å². The van der Waals surface area contributed by atoms with E-state index in [2.05, 4.69) is 38.6 Å². The van der Waals surface area contributed by atoms with Crippen LogP contribution in [0.25, 0.3) is 16.6 Å². The van der Waals surface area contributed by atoms with Gasteiger partial charge in [0.2, 0.25) is 0 Å². The lowest BCUT2D eigenvalue weighted by molar-refractivity contribution is 0.415. The number of methoxy groups -OCH3 is 1. The average Bonchev–Trinajstić information content (AvgIpc) is 3.03. The second kappa shape index (κ2) is 6.13. The highest BCUT2D eigenvalue weighted by Crippen LogP contribution is 2.29. The molecule has 6 heteroatoms. The summed E-state index contributed by atoms with van der Waals surface area (Å²) in [6.07, 6.45) is 1.81. The summed E-state index contributed by atoms with van der Waals surface area (Å²) < 4.78 is 7.47. The number of hydrogen-bond acceptors (Lipinski definition) is 5. The fraction of sp³-hybridized carbons (Fsp3) is 0.167. The minimum atomic E-state index is 0.751. The van der Waals surface area contributed by atoms with Gasteiger partial charge < -0.3 is 4.74 Å². The number of thioether (sulfide) groups is 1. The second-order valence-electron chi connectivity index (χ2n) is 5.50. The van der Waals surface area contributed by atoms with Crippen molar-refractivity contribution in [1.82, 2.24) is 19.6 Å². The molecule has 4 aromatic rings. The van der Waals surface area contributed by atoms with Gasteiger partial charge in [-0.05, 0) is 42.8 Å². The molecule has 0 atom stereocenters. The van der Waals surface area contributed by atoms with Crippen molar-refractivity contribution in [2.24, 2.45) is 0 Å². The molecule has 0 radical (unpaired) electrons. The van der Waals surface area contributed by atoms with Gasteiger partial charge in [-0.1, -0.05) is 17.8 Å². The van der Waals surface area contributed by atoms with Gasteiger partial charge in [0.1, 0.15) is 5.75 Å². The van der Waals surface area contributed by atoms with Crippen molar-refractivity contribution >= 4 is 28.3 Å². The number of hydrogen-bond donors (Lipinski definition) is 0. The predicted octanol–water partition coefficient (Wildman–Crippen LogP) is 3.89. The lowest BCUT2D eigenvalue weighted by Gasteiger charge is -2.09. The van der Waals surface area contributed by atoms with Gasteiger partial charge in [-0.3, -0.25) is 9.38 Å². The summed E-state index contributed by atoms with van der Waals surface area (Å²) in [6.45, 7) is 2.09. The van der Waals surface area contributed by atoms with Gasteiger partial charge in [0.25, 0.3) is 0 Å². The fourth-order valence-corrected chi connectivity index (χ4v) is 3.61. The van der Waals surface area contributed by atoms with E-state index in [0.29, 0.717) is 0 Å². The van der Waals surface area contributed by atoms with Gasteiger partial charge >= 0.3 is 0 Å². The van der Waals surface area contributed by atoms with Crippen molar-refractivity contribution < 1.29 is 4.74 Å². The van der Waals surface area contributed by atoms with Crippen LogP contribution in [0.2, 0.25) is 0 Å². The quantitative estimate of drug-likeness (QED) is 0.529. The molecule has 0 aliphatic rings. The molecule has 5 nitrogen and oxygen atoms in total. The summed E-state index contributed by atoms with van der Waals surface area (Å²) in [5.41, 5.74) is 4.09. The molecule has 0 aliphatic heterocycles. The number of fused-ring (bicyclic) bond motifs is 3. The van der Waals surface area contributed by atoms with E-state index >= 15 is 0 Å². The first-order chi connectivity index (χ1) is 11.8. The molecule has 3 aromatic heterocycles. The van der Waals surface area contributed by atoms with Crippen molar-refractivity contribution in [3.8, 4) is 5.75 Å². The first-order valence-corrected chi connectivity index (χ1v) is 8.60. The molecule has 0 amide bonds. The largest absolute Gasteiger partial charge is 0.497 e. The Morgan fingerprint density at radius 1 is 1.12 bits per heavy atom. The summed E-state index contributed by atoms with van der Waals surface area (Å²) in [6, 6.07) is 14.1. The Balaban J connectivity index is 1.83. The van der Waals surface area contributed by atoms with Crippen molar-refractivity contribution in [1.29, 1.82) is 0 Å². The van der Waals surface area contributed by atoms with Crippen LogP contribution in [0.5, 0.6) is 5.75 Å². The highest BCUT2D eigenvalue weighted by Gasteiger charge is 2.12. The van der Waals surface area contributed by atoms with Crippen molar-refractivity contribution in [2.75, 3.05) is 7.11 Å². The van der Waals surface area contributed by atoms with Crippen LogP contribution in [-0.4, -0.2) is 26.7 Å². The Bertz CT molecular complexity index is 1010. The Hall–Kier alpha value is -2.60. The molecule has 0 saturated heterocycles. The molecular weight excluding hydrogens is 320 g/mol. The molecule has 4 rings (SSSR count). The molecule has 0 N–H and O–H groups in total. The zero-order valence-electron chi connectivity index (χ0n) is 13.4. The van der Waals surface area contributed by atoms with Crippen LogP contribution in [0.4, 0.5) is 0 Å². The van der Waals surface area contributed by atoms with Gasteiger partial charge in [-0.2, -0.15) is 0 Å². The Morgan fingerprint density at radius 3 is 2.83 bits per heavy atom. The summed E-state index contributed by atoms with van der Waals surface area (Å²) >= 11 is 1.63. The predicted molar refractivity (Wildman–Crippen MR) is 95.6 cm³/mol. The van der Waals surface area contributed by atoms with E-state index in [-0.39, 0.29) is 0 Å². The molecule has 0 spiro atoms. The van der Waals surface area contributed by atoms with E-state index in [9.17, 15) is 0 Å². The Morgan fingerprint density at radius 2 is 2.04 bits per heavy atom. The molecule has 0 saturated carbocycles. The highest BCUT2D eigenvalue weighted by molar-refractivity contribution is 7.98. The van der Waals surface area contributed by atoms with Crippen LogP contribution < -0.4 is 4.74 Å². The fourth-order valence-electron chi connectivity index (χ4n) is 2.75. The molecule has 24 heavy (non-hydrogen) atoms. The number of benzene rings is 1. The topological polar surface area (TPSA) is 52.3 Å². The summed E-state index contributed by atoms with van der Waals surface area (Å²) in [4.78, 5) is 4.36. The van der Waals surface area contributed by atoms with Crippen molar-refractivity contribution in [3.05, 3.63) is 59.9 Å². The zero-order valence-corrected chi connectivity index (χ0v) is 14.2. The lowest BCUT2D eigenvalue weighted by Crippen LogP contribution is -1.95. The molecular formula is C18H16N4OS. The van der Waals surface area contributed by atoms with E-state index < -0.39 is 0 Å². The second-order valence-corrected chi connectivity index (χ2v) is 6.44. The van der Waals surface area contributed by atoms with Gasteiger partial charge in [-0.25, -0.2) is 0 Å². The third kappa shape index (κ3) is 2.59. The van der Waals surface area contributed by atoms with Gasteiger partial charge in [0.05, 0.1) is 18.3 Å². The minimum absolute atomic E-state index is 0.751. The molecule has 0 bridgehead atoms. The SMILES string of the molecule is COc1ccc2c(C)cc3nnc(SCc4ccccn4)n3c2c1. The Kier molecular flexibility index (Phi) is 3.82. The maximum absolute atomic E-state index is 5.39. The third-order valence-corrected chi connectivity index (χ3v) is 4.91. The summed E-state index contributed by atoms with van der Waals surface area (Å²) in [5, 5.41) is 10.7. The first kappa shape index (κ1) is 15.0. The molecule has 1 aromatic carbocycles. The van der Waals surface area contributed by atoms with Crippen LogP contribution in [0, 0.1) is 6.92 Å². The number of aryl methyl sites for hydroxylation is 1. The number of rotatable bonds is 4. The monoisotopic (exact) mass is 336 g/mol. The van der Waals surface area contributed by atoms with E-state index in [0.717, 1.165) is 33.5 Å². The number of ether oxygens (including phenoxy) is 1. The highest BCUT2D eigenvalue weighted by atomic mass is 32.2.